The molecule has 300 valence electrons. The van der Waals surface area contributed by atoms with Gasteiger partial charge in [0.25, 0.3) is 0 Å². The minimum Gasteiger partial charge on any atom is -0.310 e. The van der Waals surface area contributed by atoms with Crippen molar-refractivity contribution in [2.75, 3.05) is 4.90 Å². The van der Waals surface area contributed by atoms with Crippen molar-refractivity contribution < 1.29 is 0 Å². The molecule has 0 spiro atoms. The van der Waals surface area contributed by atoms with Crippen LogP contribution in [0.4, 0.5) is 17.1 Å². The zero-order valence-electron chi connectivity index (χ0n) is 35.3. The maximum atomic E-state index is 2.50. The quantitative estimate of drug-likeness (QED) is 0.148. The molecule has 0 radical (unpaired) electrons. The summed E-state index contributed by atoms with van der Waals surface area (Å²) in [5.74, 6) is 0. The Bertz CT molecular complexity index is 3460. The molecule has 0 aromatic heterocycles. The Hall–Kier alpha value is -8.26. The number of benzene rings is 11. The van der Waals surface area contributed by atoms with Crippen molar-refractivity contribution in [1.29, 1.82) is 0 Å². The third-order valence-electron chi connectivity index (χ3n) is 13.3. The molecule has 11 aromatic carbocycles. The van der Waals surface area contributed by atoms with Gasteiger partial charge in [0.05, 0.1) is 11.1 Å². The van der Waals surface area contributed by atoms with Gasteiger partial charge in [-0.1, -0.05) is 224 Å². The molecule has 1 aliphatic carbocycles. The van der Waals surface area contributed by atoms with Crippen LogP contribution in [0.15, 0.2) is 261 Å². The molecule has 12 rings (SSSR count). The van der Waals surface area contributed by atoms with E-state index in [0.717, 1.165) is 28.2 Å². The van der Waals surface area contributed by atoms with Gasteiger partial charge < -0.3 is 4.90 Å². The predicted octanol–water partition coefficient (Wildman–Crippen LogP) is 16.8. The Balaban J connectivity index is 1.17. The van der Waals surface area contributed by atoms with E-state index in [9.17, 15) is 0 Å². The molecule has 1 nitrogen and oxygen atoms in total. The van der Waals surface area contributed by atoms with E-state index in [2.05, 4.69) is 266 Å². The first-order valence-corrected chi connectivity index (χ1v) is 22.2. The molecule has 0 saturated heterocycles. The second kappa shape index (κ2) is 15.6. The number of hydrogen-bond donors (Lipinski definition) is 0. The summed E-state index contributed by atoms with van der Waals surface area (Å²) >= 11 is 0. The maximum absolute atomic E-state index is 2.50. The minimum absolute atomic E-state index is 0.548. The Morgan fingerprint density at radius 3 is 1.59 bits per heavy atom. The average Bonchev–Trinajstić information content (AvgIpc) is 3.68. The number of rotatable bonds is 8. The van der Waals surface area contributed by atoms with Crippen molar-refractivity contribution >= 4 is 38.6 Å². The first kappa shape index (κ1) is 37.5. The molecule has 64 heavy (non-hydrogen) atoms. The van der Waals surface area contributed by atoms with Crippen LogP contribution in [0.1, 0.15) is 22.3 Å². The van der Waals surface area contributed by atoms with Gasteiger partial charge in [-0.15, -0.1) is 0 Å². The van der Waals surface area contributed by atoms with E-state index in [4.69, 9.17) is 0 Å². The van der Waals surface area contributed by atoms with E-state index in [1.807, 2.05) is 0 Å². The van der Waals surface area contributed by atoms with E-state index in [0.29, 0.717) is 0 Å². The fourth-order valence-electron chi connectivity index (χ4n) is 10.5. The third kappa shape index (κ3) is 6.08. The molecule has 0 bridgehead atoms. The summed E-state index contributed by atoms with van der Waals surface area (Å²) in [6.45, 7) is 0. The second-order valence-corrected chi connectivity index (χ2v) is 16.8. The molecule has 1 heteroatoms. The lowest BCUT2D eigenvalue weighted by molar-refractivity contribution is 0.768. The topological polar surface area (TPSA) is 3.24 Å². The Morgan fingerprint density at radius 2 is 0.812 bits per heavy atom. The van der Waals surface area contributed by atoms with Gasteiger partial charge in [0.15, 0.2) is 0 Å². The van der Waals surface area contributed by atoms with Crippen LogP contribution in [0.25, 0.3) is 66.1 Å². The van der Waals surface area contributed by atoms with Crippen molar-refractivity contribution in [2.24, 2.45) is 0 Å². The molecule has 0 aliphatic heterocycles. The highest BCUT2D eigenvalue weighted by atomic mass is 15.1. The zero-order chi connectivity index (χ0) is 42.5. The summed E-state index contributed by atoms with van der Waals surface area (Å²) < 4.78 is 0. The Kier molecular flexibility index (Phi) is 9.13. The van der Waals surface area contributed by atoms with Gasteiger partial charge in [-0.2, -0.15) is 0 Å². The normalized spacial score (nSPS) is 12.5. The highest BCUT2D eigenvalue weighted by Gasteiger charge is 2.46. The summed E-state index contributed by atoms with van der Waals surface area (Å²) in [4.78, 5) is 2.50. The van der Waals surface area contributed by atoms with Crippen LogP contribution in [0, 0.1) is 0 Å². The first-order chi connectivity index (χ1) is 31.8. The monoisotopic (exact) mass is 813 g/mol. The molecule has 0 unspecified atom stereocenters. The molecular formula is C63H43N. The fraction of sp³-hybridized carbons (Fsp3) is 0.0159. The van der Waals surface area contributed by atoms with Gasteiger partial charge in [-0.25, -0.2) is 0 Å². The van der Waals surface area contributed by atoms with Gasteiger partial charge in [0.2, 0.25) is 0 Å². The number of nitrogens with zero attached hydrogens (tertiary/aromatic N) is 1. The van der Waals surface area contributed by atoms with Crippen LogP contribution in [0.5, 0.6) is 0 Å². The van der Waals surface area contributed by atoms with Crippen molar-refractivity contribution in [3.63, 3.8) is 0 Å². The molecular weight excluding hydrogens is 771 g/mol. The molecule has 0 atom stereocenters. The SMILES string of the molecule is c1ccc(-c2cccc(N(c3cccc(C4(c5ccccc5)c5ccccc5-c5ccccc54)c3)c3cccc(-c4cccc5ccccc45)c3-c3ccc4ccccc4c3)c2)cc1. The van der Waals surface area contributed by atoms with Crippen LogP contribution in [-0.4, -0.2) is 0 Å². The number of hydrogen-bond acceptors (Lipinski definition) is 1. The predicted molar refractivity (Wildman–Crippen MR) is 270 cm³/mol. The van der Waals surface area contributed by atoms with E-state index < -0.39 is 5.41 Å². The molecule has 0 amide bonds. The second-order valence-electron chi connectivity index (χ2n) is 16.8. The minimum atomic E-state index is -0.548. The Morgan fingerprint density at radius 1 is 0.281 bits per heavy atom. The van der Waals surface area contributed by atoms with Gasteiger partial charge in [0, 0.05) is 16.9 Å². The molecule has 11 aromatic rings. The van der Waals surface area contributed by atoms with Crippen LogP contribution >= 0.6 is 0 Å². The molecule has 0 saturated carbocycles. The van der Waals surface area contributed by atoms with Crippen LogP contribution < -0.4 is 4.90 Å². The number of fused-ring (bicyclic) bond motifs is 5. The first-order valence-electron chi connectivity index (χ1n) is 22.2. The van der Waals surface area contributed by atoms with Gasteiger partial charge in [-0.3, -0.25) is 0 Å². The fourth-order valence-corrected chi connectivity index (χ4v) is 10.5. The molecule has 0 heterocycles. The standard InChI is InChI=1S/C63H43N/c1-3-19-44(20-4-1)48-25-15-29-52(42-48)64(53-30-17-28-51(43-53)63(50-26-5-2-6-27-50)59-36-13-11-32-56(59)57-33-12-14-37-60(57)63)61-38-18-35-58(55-34-16-24-46-22-9-10-31-54(46)55)62(61)49-40-39-45-21-7-8-23-47(45)41-49/h1-43H. The summed E-state index contributed by atoms with van der Waals surface area (Å²) in [6, 6.07) is 96.1. The van der Waals surface area contributed by atoms with E-state index >= 15 is 0 Å². The summed E-state index contributed by atoms with van der Waals surface area (Å²) in [7, 11) is 0. The van der Waals surface area contributed by atoms with E-state index in [-0.39, 0.29) is 0 Å². The zero-order valence-corrected chi connectivity index (χ0v) is 35.3. The summed E-state index contributed by atoms with van der Waals surface area (Å²) in [5, 5.41) is 4.88. The molecule has 0 fully saturated rings. The van der Waals surface area contributed by atoms with Crippen molar-refractivity contribution in [3.05, 3.63) is 283 Å². The lowest BCUT2D eigenvalue weighted by Gasteiger charge is -2.35. The van der Waals surface area contributed by atoms with E-state index in [1.54, 1.807) is 0 Å². The molecule has 0 N–H and O–H groups in total. The van der Waals surface area contributed by atoms with Crippen molar-refractivity contribution in [1.82, 2.24) is 0 Å². The van der Waals surface area contributed by atoms with Crippen LogP contribution in [0.3, 0.4) is 0 Å². The van der Waals surface area contributed by atoms with Crippen molar-refractivity contribution in [3.8, 4) is 44.5 Å². The summed E-state index contributed by atoms with van der Waals surface area (Å²) in [6.07, 6.45) is 0. The van der Waals surface area contributed by atoms with Gasteiger partial charge >= 0.3 is 0 Å². The highest BCUT2D eigenvalue weighted by Crippen LogP contribution is 2.57. The largest absolute Gasteiger partial charge is 0.310 e. The molecule has 1 aliphatic rings. The maximum Gasteiger partial charge on any atom is 0.0714 e. The van der Waals surface area contributed by atoms with E-state index in [1.165, 1.54) is 77.2 Å². The smallest absolute Gasteiger partial charge is 0.0714 e. The number of anilines is 3. The van der Waals surface area contributed by atoms with Crippen molar-refractivity contribution in [2.45, 2.75) is 5.41 Å². The van der Waals surface area contributed by atoms with Gasteiger partial charge in [-0.05, 0) is 119 Å². The lowest BCUT2D eigenvalue weighted by Crippen LogP contribution is -2.28. The van der Waals surface area contributed by atoms with Crippen LogP contribution in [0.2, 0.25) is 0 Å². The summed E-state index contributed by atoms with van der Waals surface area (Å²) in [5.41, 5.74) is 17.4. The lowest BCUT2D eigenvalue weighted by atomic mass is 9.67. The Labute approximate surface area is 374 Å². The van der Waals surface area contributed by atoms with Gasteiger partial charge in [0.1, 0.15) is 0 Å². The third-order valence-corrected chi connectivity index (χ3v) is 13.3. The van der Waals surface area contributed by atoms with Crippen LogP contribution in [-0.2, 0) is 5.41 Å². The highest BCUT2D eigenvalue weighted by molar-refractivity contribution is 6.06. The average molecular weight is 814 g/mol.